The summed E-state index contributed by atoms with van der Waals surface area (Å²) in [5.41, 5.74) is 0. The summed E-state index contributed by atoms with van der Waals surface area (Å²) < 4.78 is 21.2. The van der Waals surface area contributed by atoms with Gasteiger partial charge in [0.25, 0.3) is 0 Å². The number of aliphatic hydroxyl groups is 1. The third kappa shape index (κ3) is 18.1. The fraction of sp³-hybridized carbons (Fsp3) is 1.00. The average Bonchev–Trinajstić information content (AvgIpc) is 2.47. The zero-order valence-corrected chi connectivity index (χ0v) is 13.3. The summed E-state index contributed by atoms with van der Waals surface area (Å²) in [4.78, 5) is 0. The molecule has 0 saturated heterocycles. The van der Waals surface area contributed by atoms with Gasteiger partial charge in [-0.15, -0.1) is 0 Å². The highest BCUT2D eigenvalue weighted by molar-refractivity contribution is 7.80. The van der Waals surface area contributed by atoms with E-state index >= 15 is 0 Å². The van der Waals surface area contributed by atoms with Crippen LogP contribution in [0.15, 0.2) is 0 Å². The number of hydrogen-bond donors (Lipinski definition) is 2. The molecule has 1 N–H and O–H groups in total. The maximum absolute atomic E-state index is 8.48. The number of hydrogen-bond acceptors (Lipinski definition) is 6. The molecule has 0 rings (SSSR count). The highest BCUT2D eigenvalue weighted by Crippen LogP contribution is 2.00. The molecule has 0 aliphatic carbocycles. The summed E-state index contributed by atoms with van der Waals surface area (Å²) in [6, 6.07) is 0. The first-order valence-electron chi connectivity index (χ1n) is 7.44. The summed E-state index contributed by atoms with van der Waals surface area (Å²) in [7, 11) is 0. The molecule has 0 unspecified atom stereocenters. The number of aliphatic hydroxyl groups excluding tert-OH is 1. The third-order valence-electron chi connectivity index (χ3n) is 2.55. The standard InChI is InChI=1S/C14H30O5S/c15-5-7-17-9-11-19-13-12-18-10-8-16-6-3-1-2-4-14-20/h15,20H,1-14H2. The van der Waals surface area contributed by atoms with Gasteiger partial charge in [0, 0.05) is 6.61 Å². The smallest absolute Gasteiger partial charge is 0.0701 e. The van der Waals surface area contributed by atoms with Gasteiger partial charge in [-0.2, -0.15) is 12.6 Å². The molecule has 5 nitrogen and oxygen atoms in total. The number of thiol groups is 1. The van der Waals surface area contributed by atoms with Gasteiger partial charge in [-0.3, -0.25) is 0 Å². The largest absolute Gasteiger partial charge is 0.394 e. The summed E-state index contributed by atoms with van der Waals surface area (Å²) >= 11 is 4.17. The van der Waals surface area contributed by atoms with E-state index in [4.69, 9.17) is 24.1 Å². The first kappa shape index (κ1) is 20.1. The second-order valence-electron chi connectivity index (χ2n) is 4.31. The van der Waals surface area contributed by atoms with Gasteiger partial charge < -0.3 is 24.1 Å². The third-order valence-corrected chi connectivity index (χ3v) is 2.86. The fourth-order valence-corrected chi connectivity index (χ4v) is 1.72. The van der Waals surface area contributed by atoms with Gasteiger partial charge in [-0.25, -0.2) is 0 Å². The molecule has 0 aromatic heterocycles. The maximum Gasteiger partial charge on any atom is 0.0701 e. The molecule has 0 spiro atoms. The topological polar surface area (TPSA) is 57.2 Å². The molecule has 0 atom stereocenters. The zero-order valence-electron chi connectivity index (χ0n) is 12.4. The molecule has 0 fully saturated rings. The van der Waals surface area contributed by atoms with E-state index in [1.54, 1.807) is 0 Å². The van der Waals surface area contributed by atoms with Crippen molar-refractivity contribution in [3.05, 3.63) is 0 Å². The van der Waals surface area contributed by atoms with E-state index in [-0.39, 0.29) is 6.61 Å². The Hall–Kier alpha value is 0.150. The molecule has 0 saturated carbocycles. The Labute approximate surface area is 128 Å². The first-order valence-corrected chi connectivity index (χ1v) is 8.07. The van der Waals surface area contributed by atoms with Crippen molar-refractivity contribution >= 4 is 12.6 Å². The van der Waals surface area contributed by atoms with Crippen molar-refractivity contribution in [1.29, 1.82) is 0 Å². The van der Waals surface area contributed by atoms with Gasteiger partial charge in [-0.05, 0) is 18.6 Å². The fourth-order valence-electron chi connectivity index (χ4n) is 1.50. The van der Waals surface area contributed by atoms with Crippen molar-refractivity contribution in [3.63, 3.8) is 0 Å². The van der Waals surface area contributed by atoms with Crippen LogP contribution < -0.4 is 0 Å². The molecule has 0 heterocycles. The molecule has 6 heteroatoms. The molecule has 0 aromatic rings. The van der Waals surface area contributed by atoms with Crippen molar-refractivity contribution in [1.82, 2.24) is 0 Å². The van der Waals surface area contributed by atoms with Crippen molar-refractivity contribution in [2.45, 2.75) is 25.7 Å². The number of ether oxygens (including phenoxy) is 4. The maximum atomic E-state index is 8.48. The van der Waals surface area contributed by atoms with Crippen LogP contribution >= 0.6 is 12.6 Å². The zero-order chi connectivity index (χ0) is 14.7. The van der Waals surface area contributed by atoms with E-state index in [0.29, 0.717) is 46.2 Å². The minimum Gasteiger partial charge on any atom is -0.394 e. The normalized spacial score (nSPS) is 11.1. The molecule has 0 aromatic carbocycles. The Morgan fingerprint density at radius 2 is 1.00 bits per heavy atom. The van der Waals surface area contributed by atoms with Crippen molar-refractivity contribution in [2.24, 2.45) is 0 Å². The van der Waals surface area contributed by atoms with Crippen LogP contribution in [0.4, 0.5) is 0 Å². The molecule has 0 aliphatic heterocycles. The van der Waals surface area contributed by atoms with E-state index in [0.717, 1.165) is 18.8 Å². The SMILES string of the molecule is OCCOCCOCCOCCOCCCCCCS. The van der Waals surface area contributed by atoms with Gasteiger partial charge in [-0.1, -0.05) is 12.8 Å². The minimum absolute atomic E-state index is 0.0539. The summed E-state index contributed by atoms with van der Waals surface area (Å²) in [5.74, 6) is 0.977. The van der Waals surface area contributed by atoms with Crippen LogP contribution in [-0.2, 0) is 18.9 Å². The molecule has 0 amide bonds. The van der Waals surface area contributed by atoms with Crippen molar-refractivity contribution in [3.8, 4) is 0 Å². The monoisotopic (exact) mass is 310 g/mol. The van der Waals surface area contributed by atoms with E-state index in [2.05, 4.69) is 12.6 Å². The lowest BCUT2D eigenvalue weighted by Gasteiger charge is -2.07. The second-order valence-corrected chi connectivity index (χ2v) is 4.76. The molecule has 122 valence electrons. The quantitative estimate of drug-likeness (QED) is 0.315. The highest BCUT2D eigenvalue weighted by atomic mass is 32.1. The van der Waals surface area contributed by atoms with E-state index in [9.17, 15) is 0 Å². The van der Waals surface area contributed by atoms with Crippen LogP contribution in [0.25, 0.3) is 0 Å². The summed E-state index contributed by atoms with van der Waals surface area (Å²) in [6.45, 7) is 4.67. The van der Waals surface area contributed by atoms with Gasteiger partial charge in [0.1, 0.15) is 0 Å². The summed E-state index contributed by atoms with van der Waals surface area (Å²) in [6.07, 6.45) is 4.76. The van der Waals surface area contributed by atoms with Gasteiger partial charge >= 0.3 is 0 Å². The molecule has 0 radical (unpaired) electrons. The van der Waals surface area contributed by atoms with Crippen molar-refractivity contribution in [2.75, 3.05) is 65.2 Å². The van der Waals surface area contributed by atoms with E-state index in [1.807, 2.05) is 0 Å². The summed E-state index contributed by atoms with van der Waals surface area (Å²) in [5, 5.41) is 8.48. The van der Waals surface area contributed by atoms with Crippen LogP contribution in [0.5, 0.6) is 0 Å². The molecule has 0 aliphatic rings. The minimum atomic E-state index is 0.0539. The lowest BCUT2D eigenvalue weighted by Crippen LogP contribution is -2.12. The molecule has 20 heavy (non-hydrogen) atoms. The Bertz CT molecular complexity index is 154. The van der Waals surface area contributed by atoms with Crippen LogP contribution in [-0.4, -0.2) is 70.3 Å². The Balaban J connectivity index is 2.89. The number of rotatable bonds is 17. The predicted octanol–water partition coefficient (Wildman–Crippen LogP) is 1.54. The first-order chi connectivity index (χ1) is 9.91. The van der Waals surface area contributed by atoms with E-state index < -0.39 is 0 Å². The Morgan fingerprint density at radius 3 is 1.50 bits per heavy atom. The van der Waals surface area contributed by atoms with E-state index in [1.165, 1.54) is 19.3 Å². The Kier molecular flexibility index (Phi) is 19.3. The lowest BCUT2D eigenvalue weighted by molar-refractivity contribution is -0.00576. The van der Waals surface area contributed by atoms with Crippen LogP contribution in [0.1, 0.15) is 25.7 Å². The molecular weight excluding hydrogens is 280 g/mol. The average molecular weight is 310 g/mol. The highest BCUT2D eigenvalue weighted by Gasteiger charge is 1.93. The van der Waals surface area contributed by atoms with Crippen molar-refractivity contribution < 1.29 is 24.1 Å². The van der Waals surface area contributed by atoms with Gasteiger partial charge in [0.2, 0.25) is 0 Å². The molecular formula is C14H30O5S. The van der Waals surface area contributed by atoms with Crippen LogP contribution in [0.2, 0.25) is 0 Å². The van der Waals surface area contributed by atoms with Gasteiger partial charge in [0.15, 0.2) is 0 Å². The second kappa shape index (κ2) is 19.1. The number of unbranched alkanes of at least 4 members (excludes halogenated alkanes) is 3. The molecule has 0 bridgehead atoms. The Morgan fingerprint density at radius 1 is 0.550 bits per heavy atom. The lowest BCUT2D eigenvalue weighted by atomic mass is 10.2. The predicted molar refractivity (Wildman–Crippen MR) is 82.7 cm³/mol. The van der Waals surface area contributed by atoms with Crippen LogP contribution in [0.3, 0.4) is 0 Å². The van der Waals surface area contributed by atoms with Gasteiger partial charge in [0.05, 0.1) is 52.9 Å². The van der Waals surface area contributed by atoms with Crippen LogP contribution in [0, 0.1) is 0 Å².